The molecular formula is C20H27NO4. The molecule has 0 radical (unpaired) electrons. The fourth-order valence-corrected chi connectivity index (χ4v) is 3.06. The Balaban J connectivity index is 1.88. The molecule has 1 aliphatic rings. The van der Waals surface area contributed by atoms with Crippen LogP contribution >= 0.6 is 0 Å². The predicted molar refractivity (Wildman–Crippen MR) is 96.0 cm³/mol. The van der Waals surface area contributed by atoms with Crippen LogP contribution in [-0.4, -0.2) is 23.2 Å². The van der Waals surface area contributed by atoms with Crippen molar-refractivity contribution in [2.45, 2.75) is 63.9 Å². The molecule has 0 unspecified atom stereocenters. The molecular weight excluding hydrogens is 318 g/mol. The summed E-state index contributed by atoms with van der Waals surface area (Å²) in [6.07, 6.45) is 8.46. The number of rotatable bonds is 7. The number of esters is 1. The second-order valence-corrected chi connectivity index (χ2v) is 7.21. The van der Waals surface area contributed by atoms with Crippen molar-refractivity contribution in [3.63, 3.8) is 0 Å². The number of ether oxygens (including phenoxy) is 1. The number of carbonyl (C=O) groups is 2. The highest BCUT2D eigenvalue weighted by Crippen LogP contribution is 2.29. The van der Waals surface area contributed by atoms with Gasteiger partial charge in [-0.05, 0) is 54.7 Å². The summed E-state index contributed by atoms with van der Waals surface area (Å²) >= 11 is 0. The van der Waals surface area contributed by atoms with Crippen LogP contribution in [0.2, 0.25) is 0 Å². The third-order valence-electron chi connectivity index (χ3n) is 4.78. The second-order valence-electron chi connectivity index (χ2n) is 7.21. The van der Waals surface area contributed by atoms with Crippen molar-refractivity contribution in [2.75, 3.05) is 0 Å². The quantitative estimate of drug-likeness (QED) is 0.341. The Morgan fingerprint density at radius 1 is 1.24 bits per heavy atom. The van der Waals surface area contributed by atoms with Gasteiger partial charge in [0.15, 0.2) is 0 Å². The van der Waals surface area contributed by atoms with Crippen LogP contribution in [0.1, 0.15) is 63.5 Å². The van der Waals surface area contributed by atoms with E-state index in [-0.39, 0.29) is 17.5 Å². The molecule has 1 aromatic rings. The number of nitrogens with one attached hydrogen (secondary N) is 1. The standard InChI is InChI=1S/C20H27NO4/c1-20(2,14-13-19(23)25-17-5-3-4-6-17)16-10-7-15(8-11-16)9-12-18(22)21-24/h7-12,17,24H,3-6,13-14H2,1-2H3,(H,21,22)/b12-9+. The van der Waals surface area contributed by atoms with Crippen molar-refractivity contribution in [1.82, 2.24) is 5.48 Å². The number of hydrogen-bond donors (Lipinski definition) is 2. The summed E-state index contributed by atoms with van der Waals surface area (Å²) in [4.78, 5) is 23.0. The first-order valence-electron chi connectivity index (χ1n) is 8.83. The Morgan fingerprint density at radius 3 is 2.48 bits per heavy atom. The van der Waals surface area contributed by atoms with Gasteiger partial charge in [0, 0.05) is 12.5 Å². The van der Waals surface area contributed by atoms with Gasteiger partial charge in [-0.1, -0.05) is 38.1 Å². The Kier molecular flexibility index (Phi) is 6.76. The van der Waals surface area contributed by atoms with E-state index in [4.69, 9.17) is 9.94 Å². The number of amides is 1. The minimum absolute atomic E-state index is 0.102. The summed E-state index contributed by atoms with van der Waals surface area (Å²) in [6, 6.07) is 7.82. The van der Waals surface area contributed by atoms with E-state index in [1.807, 2.05) is 24.3 Å². The van der Waals surface area contributed by atoms with E-state index in [1.54, 1.807) is 11.6 Å². The first-order valence-corrected chi connectivity index (χ1v) is 8.83. The molecule has 5 heteroatoms. The molecule has 1 amide bonds. The van der Waals surface area contributed by atoms with Gasteiger partial charge in [0.2, 0.25) is 0 Å². The van der Waals surface area contributed by atoms with Crippen molar-refractivity contribution in [3.05, 3.63) is 41.5 Å². The number of benzene rings is 1. The number of hydroxylamine groups is 1. The minimum atomic E-state index is -0.565. The molecule has 1 saturated carbocycles. The Hall–Kier alpha value is -2.14. The van der Waals surface area contributed by atoms with E-state index in [0.29, 0.717) is 6.42 Å². The smallest absolute Gasteiger partial charge is 0.306 e. The van der Waals surface area contributed by atoms with Crippen molar-refractivity contribution < 1.29 is 19.5 Å². The van der Waals surface area contributed by atoms with Crippen LogP contribution in [-0.2, 0) is 19.7 Å². The van der Waals surface area contributed by atoms with Crippen LogP contribution in [0.25, 0.3) is 6.08 Å². The molecule has 5 nitrogen and oxygen atoms in total. The Labute approximate surface area is 149 Å². The van der Waals surface area contributed by atoms with Crippen molar-refractivity contribution in [1.29, 1.82) is 0 Å². The van der Waals surface area contributed by atoms with E-state index < -0.39 is 5.91 Å². The van der Waals surface area contributed by atoms with Crippen LogP contribution in [0.4, 0.5) is 0 Å². The lowest BCUT2D eigenvalue weighted by Gasteiger charge is -2.25. The summed E-state index contributed by atoms with van der Waals surface area (Å²) in [5.74, 6) is -0.667. The maximum Gasteiger partial charge on any atom is 0.306 e. The van der Waals surface area contributed by atoms with E-state index >= 15 is 0 Å². The van der Waals surface area contributed by atoms with Crippen LogP contribution in [0.15, 0.2) is 30.3 Å². The van der Waals surface area contributed by atoms with Crippen LogP contribution in [0, 0.1) is 0 Å². The molecule has 2 rings (SSSR count). The van der Waals surface area contributed by atoms with Gasteiger partial charge in [-0.15, -0.1) is 0 Å². The third kappa shape index (κ3) is 6.02. The molecule has 1 fully saturated rings. The van der Waals surface area contributed by atoms with Gasteiger partial charge >= 0.3 is 5.97 Å². The molecule has 0 aromatic heterocycles. The fraction of sp³-hybridized carbons (Fsp3) is 0.500. The molecule has 1 aromatic carbocycles. The molecule has 25 heavy (non-hydrogen) atoms. The largest absolute Gasteiger partial charge is 0.462 e. The van der Waals surface area contributed by atoms with Gasteiger partial charge in [0.1, 0.15) is 6.10 Å². The molecule has 0 heterocycles. The second kappa shape index (κ2) is 8.81. The first-order chi connectivity index (χ1) is 11.9. The summed E-state index contributed by atoms with van der Waals surface area (Å²) in [7, 11) is 0. The van der Waals surface area contributed by atoms with Gasteiger partial charge in [0.05, 0.1) is 0 Å². The third-order valence-corrected chi connectivity index (χ3v) is 4.78. The normalized spacial score (nSPS) is 15.5. The Bertz CT molecular complexity index is 613. The maximum atomic E-state index is 12.0. The van der Waals surface area contributed by atoms with Gasteiger partial charge < -0.3 is 4.74 Å². The van der Waals surface area contributed by atoms with Crippen LogP contribution in [0.5, 0.6) is 0 Å². The SMILES string of the molecule is CC(C)(CCC(=O)OC1CCCC1)c1ccc(/C=C/C(=O)NO)cc1. The average Bonchev–Trinajstić information content (AvgIpc) is 3.11. The van der Waals surface area contributed by atoms with Gasteiger partial charge in [-0.25, -0.2) is 5.48 Å². The van der Waals surface area contributed by atoms with Crippen molar-refractivity contribution in [2.24, 2.45) is 0 Å². The Morgan fingerprint density at radius 2 is 1.88 bits per heavy atom. The molecule has 1 aliphatic carbocycles. The lowest BCUT2D eigenvalue weighted by Crippen LogP contribution is -2.21. The summed E-state index contributed by atoms with van der Waals surface area (Å²) in [5, 5.41) is 8.47. The van der Waals surface area contributed by atoms with Crippen LogP contribution < -0.4 is 5.48 Å². The van der Waals surface area contributed by atoms with Crippen molar-refractivity contribution >= 4 is 18.0 Å². The minimum Gasteiger partial charge on any atom is -0.462 e. The topological polar surface area (TPSA) is 75.6 Å². The fourth-order valence-electron chi connectivity index (χ4n) is 3.06. The molecule has 0 saturated heterocycles. The monoisotopic (exact) mass is 345 g/mol. The highest BCUT2D eigenvalue weighted by atomic mass is 16.5. The van der Waals surface area contributed by atoms with Gasteiger partial charge in [0.25, 0.3) is 5.91 Å². The predicted octanol–water partition coefficient (Wildman–Crippen LogP) is 3.75. The maximum absolute atomic E-state index is 12.0. The molecule has 0 bridgehead atoms. The zero-order chi connectivity index (χ0) is 18.3. The molecule has 2 N–H and O–H groups in total. The van der Waals surface area contributed by atoms with Gasteiger partial charge in [-0.2, -0.15) is 0 Å². The molecule has 0 spiro atoms. The first kappa shape index (κ1) is 19.2. The van der Waals surface area contributed by atoms with E-state index in [2.05, 4.69) is 13.8 Å². The lowest BCUT2D eigenvalue weighted by molar-refractivity contribution is -0.149. The van der Waals surface area contributed by atoms with E-state index in [9.17, 15) is 9.59 Å². The highest BCUT2D eigenvalue weighted by Gasteiger charge is 2.24. The van der Waals surface area contributed by atoms with Crippen LogP contribution in [0.3, 0.4) is 0 Å². The lowest BCUT2D eigenvalue weighted by atomic mass is 9.80. The van der Waals surface area contributed by atoms with E-state index in [0.717, 1.165) is 43.2 Å². The summed E-state index contributed by atoms with van der Waals surface area (Å²) in [5.41, 5.74) is 3.41. The zero-order valence-corrected chi connectivity index (χ0v) is 15.0. The van der Waals surface area contributed by atoms with Crippen molar-refractivity contribution in [3.8, 4) is 0 Å². The summed E-state index contributed by atoms with van der Waals surface area (Å²) < 4.78 is 5.52. The highest BCUT2D eigenvalue weighted by molar-refractivity contribution is 5.90. The van der Waals surface area contributed by atoms with E-state index in [1.165, 1.54) is 6.08 Å². The molecule has 0 atom stereocenters. The molecule has 0 aliphatic heterocycles. The van der Waals surface area contributed by atoms with Gasteiger partial charge in [-0.3, -0.25) is 14.8 Å². The zero-order valence-electron chi connectivity index (χ0n) is 15.0. The number of hydrogen-bond acceptors (Lipinski definition) is 4. The number of carbonyl (C=O) groups excluding carboxylic acids is 2. The average molecular weight is 345 g/mol. The molecule has 136 valence electrons. The summed E-state index contributed by atoms with van der Waals surface area (Å²) in [6.45, 7) is 4.22.